The molecule has 156 valence electrons. The predicted molar refractivity (Wildman–Crippen MR) is 112 cm³/mol. The SMILES string of the molecule is CC(C)OCC1CCC(N2CCC(N3CNC[C@H]4CCCC[C@@H]43)CC2)CC1. The van der Waals surface area contributed by atoms with Crippen LogP contribution in [-0.2, 0) is 4.74 Å². The molecule has 4 nitrogen and oxygen atoms in total. The summed E-state index contributed by atoms with van der Waals surface area (Å²) in [5.41, 5.74) is 0. The minimum Gasteiger partial charge on any atom is -0.379 e. The largest absolute Gasteiger partial charge is 0.379 e. The summed E-state index contributed by atoms with van der Waals surface area (Å²) in [5, 5.41) is 3.73. The summed E-state index contributed by atoms with van der Waals surface area (Å²) < 4.78 is 5.86. The highest BCUT2D eigenvalue weighted by Gasteiger charge is 2.38. The van der Waals surface area contributed by atoms with Crippen LogP contribution in [0.2, 0.25) is 0 Å². The molecule has 2 saturated carbocycles. The van der Waals surface area contributed by atoms with Gasteiger partial charge in [0.15, 0.2) is 0 Å². The van der Waals surface area contributed by atoms with Crippen molar-refractivity contribution in [1.82, 2.24) is 15.1 Å². The average Bonchev–Trinajstić information content (AvgIpc) is 2.72. The summed E-state index contributed by atoms with van der Waals surface area (Å²) >= 11 is 0. The summed E-state index contributed by atoms with van der Waals surface area (Å²) in [6.07, 6.45) is 14.5. The van der Waals surface area contributed by atoms with Crippen molar-refractivity contribution in [3.8, 4) is 0 Å². The van der Waals surface area contributed by atoms with Crippen LogP contribution in [0, 0.1) is 11.8 Å². The fraction of sp³-hybridized carbons (Fsp3) is 1.00. The number of nitrogens with one attached hydrogen (secondary N) is 1. The Hall–Kier alpha value is -0.160. The predicted octanol–water partition coefficient (Wildman–Crippen LogP) is 3.86. The normalized spacial score (nSPS) is 37.4. The monoisotopic (exact) mass is 377 g/mol. The molecule has 2 saturated heterocycles. The first-order valence-electron chi connectivity index (χ1n) is 12.0. The Labute approximate surface area is 167 Å². The van der Waals surface area contributed by atoms with Crippen molar-refractivity contribution in [2.75, 3.05) is 32.9 Å². The maximum absolute atomic E-state index is 5.86. The van der Waals surface area contributed by atoms with E-state index in [9.17, 15) is 0 Å². The molecular weight excluding hydrogens is 334 g/mol. The topological polar surface area (TPSA) is 27.7 Å². The van der Waals surface area contributed by atoms with Crippen molar-refractivity contribution in [1.29, 1.82) is 0 Å². The van der Waals surface area contributed by atoms with E-state index in [0.29, 0.717) is 6.10 Å². The van der Waals surface area contributed by atoms with E-state index >= 15 is 0 Å². The molecule has 2 aliphatic carbocycles. The highest BCUT2D eigenvalue weighted by atomic mass is 16.5. The third-order valence-corrected chi connectivity index (χ3v) is 7.96. The van der Waals surface area contributed by atoms with Crippen LogP contribution in [0.1, 0.15) is 78.1 Å². The van der Waals surface area contributed by atoms with Gasteiger partial charge in [0.05, 0.1) is 6.10 Å². The third kappa shape index (κ3) is 5.07. The quantitative estimate of drug-likeness (QED) is 0.787. The highest BCUT2D eigenvalue weighted by molar-refractivity contribution is 4.93. The van der Waals surface area contributed by atoms with Crippen LogP contribution < -0.4 is 5.32 Å². The lowest BCUT2D eigenvalue weighted by atomic mass is 9.81. The van der Waals surface area contributed by atoms with Crippen LogP contribution in [0.25, 0.3) is 0 Å². The van der Waals surface area contributed by atoms with Gasteiger partial charge in [-0.05, 0) is 90.1 Å². The smallest absolute Gasteiger partial charge is 0.0519 e. The number of rotatable bonds is 5. The Morgan fingerprint density at radius 2 is 1.63 bits per heavy atom. The molecule has 0 aromatic rings. The summed E-state index contributed by atoms with van der Waals surface area (Å²) in [4.78, 5) is 5.72. The molecule has 4 heteroatoms. The minimum absolute atomic E-state index is 0.384. The Kier molecular flexibility index (Phi) is 7.13. The number of piperidine rings is 1. The van der Waals surface area contributed by atoms with Gasteiger partial charge in [-0.1, -0.05) is 12.8 Å². The van der Waals surface area contributed by atoms with E-state index in [1.54, 1.807) is 0 Å². The Bertz CT molecular complexity index is 439. The van der Waals surface area contributed by atoms with Gasteiger partial charge in [0.1, 0.15) is 0 Å². The van der Waals surface area contributed by atoms with Crippen LogP contribution >= 0.6 is 0 Å². The standard InChI is InChI=1S/C23H43N3O/c1-18(2)27-16-19-7-9-21(10-8-19)25-13-11-22(12-14-25)26-17-24-15-20-5-3-4-6-23(20)26/h18-24H,3-17H2,1-2H3/t19?,20-,21?,23+/m1/s1. The molecule has 4 rings (SSSR count). The Morgan fingerprint density at radius 3 is 2.37 bits per heavy atom. The van der Waals surface area contributed by atoms with Gasteiger partial charge in [-0.25, -0.2) is 0 Å². The van der Waals surface area contributed by atoms with E-state index in [0.717, 1.165) is 43.2 Å². The second-order valence-corrected chi connectivity index (χ2v) is 10.1. The van der Waals surface area contributed by atoms with E-state index in [1.165, 1.54) is 83.8 Å². The van der Waals surface area contributed by atoms with E-state index in [-0.39, 0.29) is 0 Å². The van der Waals surface area contributed by atoms with Crippen molar-refractivity contribution < 1.29 is 4.74 Å². The molecule has 0 spiro atoms. The van der Waals surface area contributed by atoms with E-state index in [2.05, 4.69) is 29.0 Å². The number of fused-ring (bicyclic) bond motifs is 1. The minimum atomic E-state index is 0.384. The van der Waals surface area contributed by atoms with Gasteiger partial charge in [-0.15, -0.1) is 0 Å². The second kappa shape index (κ2) is 9.56. The molecular formula is C23H43N3O. The zero-order chi connectivity index (χ0) is 18.6. The van der Waals surface area contributed by atoms with Crippen molar-refractivity contribution in [3.63, 3.8) is 0 Å². The number of hydrogen-bond acceptors (Lipinski definition) is 4. The molecule has 0 amide bonds. The van der Waals surface area contributed by atoms with Gasteiger partial charge >= 0.3 is 0 Å². The van der Waals surface area contributed by atoms with Crippen molar-refractivity contribution in [2.24, 2.45) is 11.8 Å². The molecule has 1 N–H and O–H groups in total. The van der Waals surface area contributed by atoms with Gasteiger partial charge < -0.3 is 15.0 Å². The van der Waals surface area contributed by atoms with Crippen LogP contribution in [0.4, 0.5) is 0 Å². The molecule has 27 heavy (non-hydrogen) atoms. The van der Waals surface area contributed by atoms with Crippen LogP contribution in [0.15, 0.2) is 0 Å². The summed E-state index contributed by atoms with van der Waals surface area (Å²) in [7, 11) is 0. The van der Waals surface area contributed by atoms with Crippen molar-refractivity contribution >= 4 is 0 Å². The van der Waals surface area contributed by atoms with Gasteiger partial charge in [-0.2, -0.15) is 0 Å². The molecule has 0 unspecified atom stereocenters. The zero-order valence-electron chi connectivity index (χ0n) is 17.9. The van der Waals surface area contributed by atoms with Crippen molar-refractivity contribution in [3.05, 3.63) is 0 Å². The Morgan fingerprint density at radius 1 is 0.889 bits per heavy atom. The molecule has 4 fully saturated rings. The molecule has 2 heterocycles. The molecule has 2 atom stereocenters. The van der Waals surface area contributed by atoms with Gasteiger partial charge in [0.2, 0.25) is 0 Å². The lowest BCUT2D eigenvalue weighted by Crippen LogP contribution is -2.60. The fourth-order valence-electron chi connectivity index (χ4n) is 6.35. The molecule has 2 aliphatic heterocycles. The van der Waals surface area contributed by atoms with Gasteiger partial charge in [-0.3, -0.25) is 4.90 Å². The third-order valence-electron chi connectivity index (χ3n) is 7.96. The lowest BCUT2D eigenvalue weighted by Gasteiger charge is -2.50. The second-order valence-electron chi connectivity index (χ2n) is 10.1. The van der Waals surface area contributed by atoms with Crippen molar-refractivity contribution in [2.45, 2.75) is 102 Å². The summed E-state index contributed by atoms with van der Waals surface area (Å²) in [6.45, 7) is 10.4. The summed E-state index contributed by atoms with van der Waals surface area (Å²) in [6, 6.07) is 2.56. The summed E-state index contributed by atoms with van der Waals surface area (Å²) in [5.74, 6) is 1.73. The van der Waals surface area contributed by atoms with Gasteiger partial charge in [0.25, 0.3) is 0 Å². The zero-order valence-corrected chi connectivity index (χ0v) is 17.9. The van der Waals surface area contributed by atoms with E-state index in [4.69, 9.17) is 4.74 Å². The number of ether oxygens (including phenoxy) is 1. The molecule has 0 aromatic carbocycles. The first kappa shape index (κ1) is 20.1. The first-order valence-corrected chi connectivity index (χ1v) is 12.0. The highest BCUT2D eigenvalue weighted by Crippen LogP contribution is 2.35. The molecule has 0 aromatic heterocycles. The number of hydrogen-bond donors (Lipinski definition) is 1. The molecule has 0 radical (unpaired) electrons. The maximum Gasteiger partial charge on any atom is 0.0519 e. The van der Waals surface area contributed by atoms with Gasteiger partial charge in [0, 0.05) is 37.9 Å². The fourth-order valence-corrected chi connectivity index (χ4v) is 6.35. The molecule has 0 bridgehead atoms. The van der Waals surface area contributed by atoms with Crippen LogP contribution in [0.3, 0.4) is 0 Å². The Balaban J connectivity index is 1.21. The lowest BCUT2D eigenvalue weighted by molar-refractivity contribution is -0.0137. The molecule has 4 aliphatic rings. The average molecular weight is 378 g/mol. The van der Waals surface area contributed by atoms with Crippen LogP contribution in [-0.4, -0.2) is 66.9 Å². The maximum atomic E-state index is 5.86. The van der Waals surface area contributed by atoms with Crippen LogP contribution in [0.5, 0.6) is 0 Å². The first-order chi connectivity index (χ1) is 13.2. The number of likely N-dealkylation sites (tertiary alicyclic amines) is 1. The number of nitrogens with zero attached hydrogens (tertiary/aromatic N) is 2. The van der Waals surface area contributed by atoms with E-state index in [1.807, 2.05) is 0 Å². The van der Waals surface area contributed by atoms with E-state index < -0.39 is 0 Å².